The molecule has 2 aromatic rings. The zero-order valence-corrected chi connectivity index (χ0v) is 20.0. The predicted octanol–water partition coefficient (Wildman–Crippen LogP) is 1.90. The molecule has 178 valence electrons. The van der Waals surface area contributed by atoms with Crippen LogP contribution >= 0.6 is 0 Å². The Kier molecular flexibility index (Phi) is 7.53. The van der Waals surface area contributed by atoms with Crippen LogP contribution in [0.3, 0.4) is 0 Å². The summed E-state index contributed by atoms with van der Waals surface area (Å²) < 4.78 is 6.91. The number of hydrogen-bond acceptors (Lipinski definition) is 5. The third kappa shape index (κ3) is 5.60. The van der Waals surface area contributed by atoms with E-state index in [1.165, 1.54) is 15.6 Å². The summed E-state index contributed by atoms with van der Waals surface area (Å²) in [5, 5.41) is 10.0. The summed E-state index contributed by atoms with van der Waals surface area (Å²) >= 11 is 0. The molecule has 0 saturated heterocycles. The molecule has 0 unspecified atom stereocenters. The van der Waals surface area contributed by atoms with Gasteiger partial charge in [-0.05, 0) is 39.7 Å². The molecule has 0 radical (unpaired) electrons. The SMILES string of the molecule is Cc1ccc(CNC(=O)[C@]2(C)Cn3nc(C(=O)NCCCOC(C)C)cc3C(=O)N2C)cc1. The van der Waals surface area contributed by atoms with E-state index in [1.54, 1.807) is 14.0 Å². The van der Waals surface area contributed by atoms with Crippen LogP contribution in [0.15, 0.2) is 30.3 Å². The molecule has 0 spiro atoms. The van der Waals surface area contributed by atoms with Crippen LogP contribution < -0.4 is 10.6 Å². The van der Waals surface area contributed by atoms with Gasteiger partial charge in [-0.1, -0.05) is 29.8 Å². The zero-order chi connectivity index (χ0) is 24.2. The minimum absolute atomic E-state index is 0.145. The maximum absolute atomic E-state index is 13.1. The van der Waals surface area contributed by atoms with Crippen molar-refractivity contribution in [2.24, 2.45) is 0 Å². The van der Waals surface area contributed by atoms with E-state index in [0.717, 1.165) is 11.1 Å². The van der Waals surface area contributed by atoms with E-state index in [0.29, 0.717) is 26.1 Å². The Hall–Kier alpha value is -3.20. The lowest BCUT2D eigenvalue weighted by atomic mass is 9.95. The minimum Gasteiger partial charge on any atom is -0.379 e. The quantitative estimate of drug-likeness (QED) is 0.562. The van der Waals surface area contributed by atoms with Gasteiger partial charge in [0, 0.05) is 32.8 Å². The van der Waals surface area contributed by atoms with Gasteiger partial charge in [0.1, 0.15) is 11.2 Å². The number of ether oxygens (including phenoxy) is 1. The molecular weight excluding hydrogens is 422 g/mol. The highest BCUT2D eigenvalue weighted by atomic mass is 16.5. The summed E-state index contributed by atoms with van der Waals surface area (Å²) in [4.78, 5) is 40.0. The molecule has 1 aliphatic rings. The van der Waals surface area contributed by atoms with E-state index in [-0.39, 0.29) is 41.8 Å². The van der Waals surface area contributed by atoms with Gasteiger partial charge in [-0.3, -0.25) is 19.1 Å². The molecular formula is C24H33N5O4. The first kappa shape index (κ1) is 24.4. The Morgan fingerprint density at radius 1 is 1.21 bits per heavy atom. The average molecular weight is 456 g/mol. The maximum atomic E-state index is 13.1. The van der Waals surface area contributed by atoms with Crippen molar-refractivity contribution < 1.29 is 19.1 Å². The predicted molar refractivity (Wildman–Crippen MR) is 124 cm³/mol. The molecule has 1 atom stereocenters. The molecule has 3 amide bonds. The number of carbonyl (C=O) groups is 3. The summed E-state index contributed by atoms with van der Waals surface area (Å²) in [7, 11) is 1.60. The number of fused-ring (bicyclic) bond motifs is 1. The van der Waals surface area contributed by atoms with Gasteiger partial charge in [-0.25, -0.2) is 0 Å². The molecule has 1 aromatic heterocycles. The lowest BCUT2D eigenvalue weighted by molar-refractivity contribution is -0.132. The zero-order valence-electron chi connectivity index (χ0n) is 20.0. The van der Waals surface area contributed by atoms with E-state index in [1.807, 2.05) is 45.0 Å². The Morgan fingerprint density at radius 3 is 2.58 bits per heavy atom. The van der Waals surface area contributed by atoms with Crippen LogP contribution in [0.4, 0.5) is 0 Å². The summed E-state index contributed by atoms with van der Waals surface area (Å²) in [6, 6.07) is 9.36. The van der Waals surface area contributed by atoms with Crippen molar-refractivity contribution in [3.8, 4) is 0 Å². The van der Waals surface area contributed by atoms with Crippen molar-refractivity contribution in [3.63, 3.8) is 0 Å². The molecule has 2 N–H and O–H groups in total. The monoisotopic (exact) mass is 455 g/mol. The van der Waals surface area contributed by atoms with Crippen LogP contribution in [0.25, 0.3) is 0 Å². The second kappa shape index (κ2) is 10.2. The molecule has 2 heterocycles. The third-order valence-corrected chi connectivity index (χ3v) is 5.85. The molecule has 0 bridgehead atoms. The number of rotatable bonds is 9. The van der Waals surface area contributed by atoms with E-state index >= 15 is 0 Å². The first-order chi connectivity index (χ1) is 15.6. The molecule has 1 aliphatic heterocycles. The van der Waals surface area contributed by atoms with Crippen molar-refractivity contribution in [1.29, 1.82) is 0 Å². The summed E-state index contributed by atoms with van der Waals surface area (Å²) in [5.74, 6) is -0.996. The molecule has 0 saturated carbocycles. The minimum atomic E-state index is -1.14. The van der Waals surface area contributed by atoms with Gasteiger partial charge in [-0.15, -0.1) is 0 Å². The topological polar surface area (TPSA) is 106 Å². The van der Waals surface area contributed by atoms with Crippen molar-refractivity contribution in [1.82, 2.24) is 25.3 Å². The summed E-state index contributed by atoms with van der Waals surface area (Å²) in [6.45, 7) is 9.13. The number of benzene rings is 1. The summed E-state index contributed by atoms with van der Waals surface area (Å²) in [5.41, 5.74) is 1.42. The number of aryl methyl sites for hydroxylation is 1. The average Bonchev–Trinajstić information content (AvgIpc) is 3.20. The van der Waals surface area contributed by atoms with Gasteiger partial charge in [0.15, 0.2) is 5.69 Å². The van der Waals surface area contributed by atoms with Gasteiger partial charge in [0.2, 0.25) is 5.91 Å². The van der Waals surface area contributed by atoms with Crippen LogP contribution in [0.5, 0.6) is 0 Å². The largest absolute Gasteiger partial charge is 0.379 e. The smallest absolute Gasteiger partial charge is 0.272 e. The van der Waals surface area contributed by atoms with E-state index in [4.69, 9.17) is 4.74 Å². The van der Waals surface area contributed by atoms with Crippen LogP contribution in [-0.2, 0) is 22.6 Å². The van der Waals surface area contributed by atoms with Crippen LogP contribution in [0, 0.1) is 6.92 Å². The van der Waals surface area contributed by atoms with Crippen molar-refractivity contribution in [2.45, 2.75) is 58.8 Å². The van der Waals surface area contributed by atoms with Gasteiger partial charge < -0.3 is 20.3 Å². The van der Waals surface area contributed by atoms with Crippen molar-refractivity contribution >= 4 is 17.7 Å². The number of amides is 3. The van der Waals surface area contributed by atoms with Crippen molar-refractivity contribution in [2.75, 3.05) is 20.2 Å². The van der Waals surface area contributed by atoms with Gasteiger partial charge in [0.05, 0.1) is 12.6 Å². The number of aromatic nitrogens is 2. The Balaban J connectivity index is 1.65. The highest BCUT2D eigenvalue weighted by Crippen LogP contribution is 2.26. The number of nitrogens with one attached hydrogen (secondary N) is 2. The number of hydrogen-bond donors (Lipinski definition) is 2. The van der Waals surface area contributed by atoms with E-state index in [9.17, 15) is 14.4 Å². The van der Waals surface area contributed by atoms with Gasteiger partial charge in [0.25, 0.3) is 11.8 Å². The van der Waals surface area contributed by atoms with Crippen LogP contribution in [-0.4, -0.2) is 64.2 Å². The first-order valence-corrected chi connectivity index (χ1v) is 11.2. The maximum Gasteiger partial charge on any atom is 0.272 e. The lowest BCUT2D eigenvalue weighted by Gasteiger charge is -2.40. The van der Waals surface area contributed by atoms with Gasteiger partial charge >= 0.3 is 0 Å². The standard InChI is InChI=1S/C24H33N5O4/c1-16(2)33-12-6-11-25-21(30)19-13-20-22(31)28(5)24(4,15-29(20)27-19)23(32)26-14-18-9-7-17(3)8-10-18/h7-10,13,16H,6,11-12,14-15H2,1-5H3,(H,25,30)(H,26,32)/t24-/m0/s1. The number of nitrogens with zero attached hydrogens (tertiary/aromatic N) is 3. The third-order valence-electron chi connectivity index (χ3n) is 5.85. The lowest BCUT2D eigenvalue weighted by Crippen LogP contribution is -2.62. The Bertz CT molecular complexity index is 1010. The molecule has 0 aliphatic carbocycles. The Morgan fingerprint density at radius 2 is 1.91 bits per heavy atom. The summed E-state index contributed by atoms with van der Waals surface area (Å²) in [6.07, 6.45) is 0.824. The van der Waals surface area contributed by atoms with Crippen LogP contribution in [0.2, 0.25) is 0 Å². The van der Waals surface area contributed by atoms with Gasteiger partial charge in [-0.2, -0.15) is 5.10 Å². The molecule has 3 rings (SSSR count). The second-order valence-corrected chi connectivity index (χ2v) is 8.91. The van der Waals surface area contributed by atoms with Crippen LogP contribution in [0.1, 0.15) is 59.3 Å². The molecule has 0 fully saturated rings. The molecule has 9 heteroatoms. The van der Waals surface area contributed by atoms with Crippen molar-refractivity contribution in [3.05, 3.63) is 52.8 Å². The number of likely N-dealkylation sites (N-methyl/N-ethyl adjacent to an activating group) is 1. The second-order valence-electron chi connectivity index (χ2n) is 8.91. The molecule has 1 aromatic carbocycles. The van der Waals surface area contributed by atoms with E-state index in [2.05, 4.69) is 15.7 Å². The number of carbonyl (C=O) groups excluding carboxylic acids is 3. The highest BCUT2D eigenvalue weighted by Gasteiger charge is 2.46. The fraction of sp³-hybridized carbons (Fsp3) is 0.500. The molecule has 9 nitrogen and oxygen atoms in total. The first-order valence-electron chi connectivity index (χ1n) is 11.2. The highest BCUT2D eigenvalue weighted by molar-refractivity contribution is 6.01. The Labute approximate surface area is 194 Å². The fourth-order valence-electron chi connectivity index (χ4n) is 3.60. The van der Waals surface area contributed by atoms with E-state index < -0.39 is 5.54 Å². The molecule has 33 heavy (non-hydrogen) atoms. The normalized spacial score (nSPS) is 17.8. The fourth-order valence-corrected chi connectivity index (χ4v) is 3.60.